The summed E-state index contributed by atoms with van der Waals surface area (Å²) in [6.45, 7) is 4.03. The highest BCUT2D eigenvalue weighted by atomic mass is 32.2. The number of ether oxygens (including phenoxy) is 1. The predicted octanol–water partition coefficient (Wildman–Crippen LogP) is 3.03. The fraction of sp³-hybridized carbons (Fsp3) is 0.619. The molecule has 3 atom stereocenters. The van der Waals surface area contributed by atoms with Gasteiger partial charge in [0, 0.05) is 25.2 Å². The maximum absolute atomic E-state index is 12.5. The minimum atomic E-state index is -3.53. The van der Waals surface area contributed by atoms with Crippen LogP contribution in [0.3, 0.4) is 0 Å². The van der Waals surface area contributed by atoms with Gasteiger partial charge in [-0.3, -0.25) is 9.59 Å². The van der Waals surface area contributed by atoms with E-state index in [4.69, 9.17) is 4.74 Å². The smallest absolute Gasteiger partial charge is 0.306 e. The minimum absolute atomic E-state index is 0.177. The fourth-order valence-electron chi connectivity index (χ4n) is 4.67. The standard InChI is InChI=1S/C21H30N2O5S/c1-3-23(4-2)29(26,27)19-9-7-18(8-10-19)22-20(24)14-28-21(25)13-17-12-15-5-6-16(17)11-15/h7-10,15-17H,3-6,11-14H2,1-2H3,(H,22,24)/t15-,16-,17-/m1/s1. The van der Waals surface area contributed by atoms with Gasteiger partial charge in [0.05, 0.1) is 4.90 Å². The average Bonchev–Trinajstić information content (AvgIpc) is 3.31. The van der Waals surface area contributed by atoms with Crippen LogP contribution < -0.4 is 5.32 Å². The Morgan fingerprint density at radius 1 is 1.10 bits per heavy atom. The third-order valence-corrected chi connectivity index (χ3v) is 8.22. The molecule has 2 bridgehead atoms. The van der Waals surface area contributed by atoms with Crippen LogP contribution in [0.4, 0.5) is 5.69 Å². The van der Waals surface area contributed by atoms with Gasteiger partial charge in [0.1, 0.15) is 0 Å². The molecule has 0 saturated heterocycles. The van der Waals surface area contributed by atoms with Gasteiger partial charge in [-0.15, -0.1) is 0 Å². The molecule has 1 N–H and O–H groups in total. The van der Waals surface area contributed by atoms with Gasteiger partial charge in [0.15, 0.2) is 6.61 Å². The highest BCUT2D eigenvalue weighted by Gasteiger charge is 2.40. The number of hydrogen-bond donors (Lipinski definition) is 1. The molecule has 0 aromatic heterocycles. The average molecular weight is 423 g/mol. The van der Waals surface area contributed by atoms with Gasteiger partial charge in [-0.1, -0.05) is 20.3 Å². The number of carbonyl (C=O) groups is 2. The largest absolute Gasteiger partial charge is 0.456 e. The number of benzene rings is 1. The summed E-state index contributed by atoms with van der Waals surface area (Å²) in [5, 5.41) is 2.63. The van der Waals surface area contributed by atoms with Gasteiger partial charge >= 0.3 is 5.97 Å². The Kier molecular flexibility index (Phi) is 6.95. The van der Waals surface area contributed by atoms with E-state index < -0.39 is 15.9 Å². The number of carbonyl (C=O) groups excluding carboxylic acids is 2. The van der Waals surface area contributed by atoms with Crippen molar-refractivity contribution in [1.82, 2.24) is 4.31 Å². The lowest BCUT2D eigenvalue weighted by Crippen LogP contribution is -2.30. The van der Waals surface area contributed by atoms with E-state index in [2.05, 4.69) is 5.32 Å². The summed E-state index contributed by atoms with van der Waals surface area (Å²) < 4.78 is 31.5. The van der Waals surface area contributed by atoms with E-state index in [1.54, 1.807) is 13.8 Å². The lowest BCUT2D eigenvalue weighted by Gasteiger charge is -2.20. The van der Waals surface area contributed by atoms with E-state index in [9.17, 15) is 18.0 Å². The van der Waals surface area contributed by atoms with Crippen LogP contribution in [0.2, 0.25) is 0 Å². The van der Waals surface area contributed by atoms with E-state index in [1.807, 2.05) is 0 Å². The van der Waals surface area contributed by atoms with E-state index in [1.165, 1.54) is 47.8 Å². The summed E-state index contributed by atoms with van der Waals surface area (Å²) in [5.41, 5.74) is 0.456. The number of amides is 1. The maximum Gasteiger partial charge on any atom is 0.306 e. The first-order chi connectivity index (χ1) is 13.8. The van der Waals surface area contributed by atoms with Gasteiger partial charge in [-0.05, 0) is 61.3 Å². The molecule has 2 aliphatic carbocycles. The van der Waals surface area contributed by atoms with Crippen LogP contribution in [-0.2, 0) is 24.3 Å². The van der Waals surface area contributed by atoms with Crippen molar-refractivity contribution in [2.45, 2.75) is 50.8 Å². The molecule has 3 rings (SSSR count). The summed E-state index contributed by atoms with van der Waals surface area (Å²) in [4.78, 5) is 24.3. The van der Waals surface area contributed by atoms with E-state index in [0.29, 0.717) is 37.0 Å². The number of rotatable bonds is 9. The van der Waals surface area contributed by atoms with Crippen molar-refractivity contribution >= 4 is 27.6 Å². The zero-order valence-electron chi connectivity index (χ0n) is 17.1. The highest BCUT2D eigenvalue weighted by Crippen LogP contribution is 2.49. The quantitative estimate of drug-likeness (QED) is 0.618. The molecular weight excluding hydrogens is 392 g/mol. The van der Waals surface area contributed by atoms with Crippen molar-refractivity contribution in [1.29, 1.82) is 0 Å². The van der Waals surface area contributed by atoms with Crippen molar-refractivity contribution in [2.75, 3.05) is 25.0 Å². The highest BCUT2D eigenvalue weighted by molar-refractivity contribution is 7.89. The van der Waals surface area contributed by atoms with Gasteiger partial charge in [0.2, 0.25) is 10.0 Å². The zero-order chi connectivity index (χ0) is 21.0. The van der Waals surface area contributed by atoms with Gasteiger partial charge in [-0.2, -0.15) is 4.31 Å². The SMILES string of the molecule is CCN(CC)S(=O)(=O)c1ccc(NC(=O)COC(=O)C[C@H]2C[C@@H]3CC[C@@H]2C3)cc1. The van der Waals surface area contributed by atoms with Gasteiger partial charge in [0.25, 0.3) is 5.91 Å². The summed E-state index contributed by atoms with van der Waals surface area (Å²) in [7, 11) is -3.53. The summed E-state index contributed by atoms with van der Waals surface area (Å²) in [6.07, 6.45) is 5.23. The first-order valence-corrected chi connectivity index (χ1v) is 11.8. The number of nitrogens with one attached hydrogen (secondary N) is 1. The summed E-state index contributed by atoms with van der Waals surface area (Å²) >= 11 is 0. The zero-order valence-corrected chi connectivity index (χ0v) is 17.9. The topological polar surface area (TPSA) is 92.8 Å². The second-order valence-electron chi connectivity index (χ2n) is 7.96. The normalized spacial score (nSPS) is 23.3. The van der Waals surface area contributed by atoms with Crippen LogP contribution in [0.15, 0.2) is 29.2 Å². The second-order valence-corrected chi connectivity index (χ2v) is 9.90. The third-order valence-electron chi connectivity index (χ3n) is 6.16. The minimum Gasteiger partial charge on any atom is -0.456 e. The molecule has 0 heterocycles. The van der Waals surface area contributed by atoms with Crippen molar-refractivity contribution < 1.29 is 22.7 Å². The fourth-order valence-corrected chi connectivity index (χ4v) is 6.12. The summed E-state index contributed by atoms with van der Waals surface area (Å²) in [6, 6.07) is 5.99. The van der Waals surface area contributed by atoms with Gasteiger partial charge in [-0.25, -0.2) is 8.42 Å². The molecule has 2 fully saturated rings. The second kappa shape index (κ2) is 9.26. The van der Waals surface area contributed by atoms with Crippen molar-refractivity contribution in [3.63, 3.8) is 0 Å². The number of anilines is 1. The molecule has 0 spiro atoms. The Hall–Kier alpha value is -1.93. The number of hydrogen-bond acceptors (Lipinski definition) is 5. The van der Waals surface area contributed by atoms with Gasteiger partial charge < -0.3 is 10.1 Å². The van der Waals surface area contributed by atoms with Crippen LogP contribution in [0.1, 0.15) is 46.0 Å². The maximum atomic E-state index is 12.5. The van der Waals surface area contributed by atoms with Crippen molar-refractivity contribution in [3.05, 3.63) is 24.3 Å². The molecule has 7 nitrogen and oxygen atoms in total. The third kappa shape index (κ3) is 5.17. The molecule has 160 valence electrons. The van der Waals surface area contributed by atoms with Crippen LogP contribution in [0, 0.1) is 17.8 Å². The van der Waals surface area contributed by atoms with E-state index in [-0.39, 0.29) is 17.5 Å². The summed E-state index contributed by atoms with van der Waals surface area (Å²) in [5.74, 6) is 1.07. The Bertz CT molecular complexity index is 833. The molecule has 0 aliphatic heterocycles. The van der Waals surface area contributed by atoms with Crippen LogP contribution in [-0.4, -0.2) is 44.3 Å². The first kappa shape index (κ1) is 21.8. The molecule has 2 aliphatic rings. The molecule has 0 unspecified atom stereocenters. The molecule has 1 aromatic carbocycles. The van der Waals surface area contributed by atoms with Crippen molar-refractivity contribution in [3.8, 4) is 0 Å². The molecule has 8 heteroatoms. The number of sulfonamides is 1. The number of fused-ring (bicyclic) bond motifs is 2. The Morgan fingerprint density at radius 3 is 2.34 bits per heavy atom. The van der Waals surface area contributed by atoms with Crippen molar-refractivity contribution in [2.24, 2.45) is 17.8 Å². The Balaban J connectivity index is 1.46. The lowest BCUT2D eigenvalue weighted by atomic mass is 9.86. The monoisotopic (exact) mass is 422 g/mol. The first-order valence-electron chi connectivity index (χ1n) is 10.4. The molecular formula is C21H30N2O5S. The van der Waals surface area contributed by atoms with E-state index in [0.717, 1.165) is 12.3 Å². The molecule has 29 heavy (non-hydrogen) atoms. The van der Waals surface area contributed by atoms with Crippen LogP contribution >= 0.6 is 0 Å². The number of nitrogens with zero attached hydrogens (tertiary/aromatic N) is 1. The molecule has 1 aromatic rings. The van der Waals surface area contributed by atoms with Crippen LogP contribution in [0.25, 0.3) is 0 Å². The number of esters is 1. The molecule has 1 amide bonds. The lowest BCUT2D eigenvalue weighted by molar-refractivity contribution is -0.148. The predicted molar refractivity (Wildman–Crippen MR) is 110 cm³/mol. The molecule has 2 saturated carbocycles. The van der Waals surface area contributed by atoms with E-state index >= 15 is 0 Å². The Labute approximate surface area is 172 Å². The molecule has 0 radical (unpaired) electrons. The Morgan fingerprint density at radius 2 is 1.79 bits per heavy atom. The van der Waals surface area contributed by atoms with Crippen LogP contribution in [0.5, 0.6) is 0 Å².